The predicted octanol–water partition coefficient (Wildman–Crippen LogP) is 2.95. The monoisotopic (exact) mass is 412 g/mol. The molecule has 1 saturated heterocycles. The molecule has 0 bridgehead atoms. The second kappa shape index (κ2) is 8.47. The Morgan fingerprint density at radius 3 is 2.86 bits per heavy atom. The number of anilines is 1. The van der Waals surface area contributed by atoms with E-state index in [4.69, 9.17) is 4.74 Å². The van der Waals surface area contributed by atoms with Crippen LogP contribution in [0.5, 0.6) is 5.75 Å². The second-order valence-electron chi connectivity index (χ2n) is 7.33. The van der Waals surface area contributed by atoms with E-state index in [0.717, 1.165) is 22.6 Å². The van der Waals surface area contributed by atoms with Crippen molar-refractivity contribution in [3.63, 3.8) is 0 Å². The van der Waals surface area contributed by atoms with Gasteiger partial charge in [-0.1, -0.05) is 18.2 Å². The van der Waals surface area contributed by atoms with E-state index in [1.807, 2.05) is 48.7 Å². The van der Waals surface area contributed by atoms with Crippen LogP contribution in [-0.4, -0.2) is 53.4 Å². The van der Waals surface area contributed by atoms with Crippen LogP contribution in [-0.2, 0) is 11.2 Å². The van der Waals surface area contributed by atoms with E-state index in [1.165, 1.54) is 11.8 Å². The van der Waals surface area contributed by atoms with Crippen LogP contribution in [0.4, 0.5) is 5.69 Å². The van der Waals surface area contributed by atoms with E-state index in [-0.39, 0.29) is 18.4 Å². The molecule has 2 heterocycles. The van der Waals surface area contributed by atoms with Gasteiger partial charge in [0.25, 0.3) is 5.91 Å². The second-order valence-corrected chi connectivity index (χ2v) is 8.18. The number of nitrogens with zero attached hydrogens (tertiary/aromatic N) is 1. The van der Waals surface area contributed by atoms with Crippen LogP contribution in [0.2, 0.25) is 0 Å². The van der Waals surface area contributed by atoms with Gasteiger partial charge in [0.2, 0.25) is 5.91 Å². The molecule has 2 aromatic rings. The maximum atomic E-state index is 12.9. The number of likely N-dealkylation sites (tertiary alicyclic amines) is 1. The fourth-order valence-corrected chi connectivity index (χ4v) is 4.41. The number of piperidine rings is 1. The number of hydrogen-bond acceptors (Lipinski definition) is 5. The maximum Gasteiger partial charge on any atom is 0.255 e. The number of β-amino-alcohol motifs (C(OH)–C–C–N with tert-alkyl or cyclic N) is 1. The molecule has 2 aromatic carbocycles. The van der Waals surface area contributed by atoms with Gasteiger partial charge in [-0.3, -0.25) is 9.59 Å². The fourth-order valence-electron chi connectivity index (χ4n) is 3.82. The number of aryl methyl sites for hydroxylation is 1. The lowest BCUT2D eigenvalue weighted by atomic mass is 10.0. The molecule has 6 nitrogen and oxygen atoms in total. The van der Waals surface area contributed by atoms with Crippen LogP contribution < -0.4 is 10.1 Å². The van der Waals surface area contributed by atoms with Gasteiger partial charge in [0.15, 0.2) is 0 Å². The molecular weight excluding hydrogens is 388 g/mol. The number of benzene rings is 2. The minimum absolute atomic E-state index is 0.00651. The summed E-state index contributed by atoms with van der Waals surface area (Å²) < 4.78 is 6.00. The molecule has 29 heavy (non-hydrogen) atoms. The highest BCUT2D eigenvalue weighted by Crippen LogP contribution is 2.29. The van der Waals surface area contributed by atoms with Gasteiger partial charge in [0.1, 0.15) is 18.0 Å². The molecule has 7 heteroatoms. The summed E-state index contributed by atoms with van der Waals surface area (Å²) in [4.78, 5) is 27.1. The van der Waals surface area contributed by atoms with Crippen LogP contribution in [0.15, 0.2) is 47.4 Å². The van der Waals surface area contributed by atoms with Crippen molar-refractivity contribution in [2.24, 2.45) is 0 Å². The van der Waals surface area contributed by atoms with E-state index >= 15 is 0 Å². The molecule has 0 unspecified atom stereocenters. The average Bonchev–Trinajstić information content (AvgIpc) is 2.74. The number of aliphatic hydroxyl groups excluding tert-OH is 1. The third-order valence-electron chi connectivity index (χ3n) is 5.41. The molecule has 2 amide bonds. The summed E-state index contributed by atoms with van der Waals surface area (Å²) in [5.74, 6) is 0.554. The zero-order valence-corrected chi connectivity index (χ0v) is 17.1. The number of thioether (sulfide) groups is 1. The number of ether oxygens (including phenoxy) is 1. The first-order valence-electron chi connectivity index (χ1n) is 9.75. The van der Waals surface area contributed by atoms with Gasteiger partial charge < -0.3 is 20.1 Å². The summed E-state index contributed by atoms with van der Waals surface area (Å²) in [5.41, 5.74) is 2.52. The minimum Gasteiger partial charge on any atom is -0.488 e. The molecule has 0 saturated carbocycles. The molecule has 152 valence electrons. The lowest BCUT2D eigenvalue weighted by molar-refractivity contribution is -0.116. The number of nitrogens with one attached hydrogen (secondary N) is 1. The van der Waals surface area contributed by atoms with Gasteiger partial charge >= 0.3 is 0 Å². The Morgan fingerprint density at radius 1 is 1.24 bits per heavy atom. The Kier molecular flexibility index (Phi) is 5.78. The van der Waals surface area contributed by atoms with Crippen LogP contribution in [0.3, 0.4) is 0 Å². The number of carbonyl (C=O) groups is 2. The summed E-state index contributed by atoms with van der Waals surface area (Å²) >= 11 is 1.54. The van der Waals surface area contributed by atoms with E-state index in [2.05, 4.69) is 5.32 Å². The summed E-state index contributed by atoms with van der Waals surface area (Å²) in [6, 6.07) is 13.2. The van der Waals surface area contributed by atoms with Crippen LogP contribution in [0, 0.1) is 0 Å². The zero-order chi connectivity index (χ0) is 20.4. The third-order valence-corrected chi connectivity index (χ3v) is 6.20. The predicted molar refractivity (Wildman–Crippen MR) is 113 cm³/mol. The first-order chi connectivity index (χ1) is 14.0. The Labute approximate surface area is 174 Å². The van der Waals surface area contributed by atoms with E-state index in [0.29, 0.717) is 30.7 Å². The average molecular weight is 413 g/mol. The van der Waals surface area contributed by atoms with Crippen molar-refractivity contribution in [3.8, 4) is 5.75 Å². The van der Waals surface area contributed by atoms with Crippen LogP contribution in [0.1, 0.15) is 28.8 Å². The molecule has 1 fully saturated rings. The highest BCUT2D eigenvalue weighted by molar-refractivity contribution is 7.98. The van der Waals surface area contributed by atoms with Crippen molar-refractivity contribution in [1.29, 1.82) is 0 Å². The summed E-state index contributed by atoms with van der Waals surface area (Å²) in [6.07, 6.45) is 2.53. The van der Waals surface area contributed by atoms with Crippen molar-refractivity contribution >= 4 is 29.3 Å². The lowest BCUT2D eigenvalue weighted by Crippen LogP contribution is -2.51. The number of amides is 2. The minimum atomic E-state index is -0.778. The Morgan fingerprint density at radius 2 is 2.07 bits per heavy atom. The largest absolute Gasteiger partial charge is 0.488 e. The molecule has 2 aliphatic rings. The van der Waals surface area contributed by atoms with Gasteiger partial charge in [-0.05, 0) is 36.4 Å². The molecule has 0 aliphatic carbocycles. The van der Waals surface area contributed by atoms with Crippen LogP contribution in [0.25, 0.3) is 0 Å². The Bertz CT molecular complexity index is 933. The van der Waals surface area contributed by atoms with E-state index in [1.54, 1.807) is 4.90 Å². The van der Waals surface area contributed by atoms with Gasteiger partial charge in [-0.25, -0.2) is 0 Å². The standard InChI is InChI=1S/C22H24N2O4S/c1-29-20-5-3-2-4-16(20)22(27)24-11-10-19(18(25)13-24)28-15-8-6-14-7-9-21(26)23-17(14)12-15/h2-6,8,12,18-19,25H,7,9-11,13H2,1H3,(H,23,26)/t18-,19-/m1/s1. The van der Waals surface area contributed by atoms with Gasteiger partial charge in [-0.15, -0.1) is 11.8 Å². The Balaban J connectivity index is 1.41. The molecule has 0 aromatic heterocycles. The first-order valence-corrected chi connectivity index (χ1v) is 11.0. The maximum absolute atomic E-state index is 12.9. The Hall–Kier alpha value is -2.51. The van der Waals surface area contributed by atoms with Crippen LogP contribution >= 0.6 is 11.8 Å². The number of fused-ring (bicyclic) bond motifs is 1. The van der Waals surface area contributed by atoms with Crippen molar-refractivity contribution in [2.75, 3.05) is 24.7 Å². The highest BCUT2D eigenvalue weighted by atomic mass is 32.2. The van der Waals surface area contributed by atoms with Crippen molar-refractivity contribution in [2.45, 2.75) is 36.4 Å². The van der Waals surface area contributed by atoms with Crippen molar-refractivity contribution in [1.82, 2.24) is 4.90 Å². The quantitative estimate of drug-likeness (QED) is 0.755. The van der Waals surface area contributed by atoms with E-state index < -0.39 is 12.2 Å². The van der Waals surface area contributed by atoms with Gasteiger partial charge in [-0.2, -0.15) is 0 Å². The smallest absolute Gasteiger partial charge is 0.255 e. The molecule has 0 spiro atoms. The van der Waals surface area contributed by atoms with Gasteiger partial charge in [0, 0.05) is 36.0 Å². The SMILES string of the molecule is CSc1ccccc1C(=O)N1CC[C@@H](Oc2ccc3c(c2)NC(=O)CC3)[C@H](O)C1. The van der Waals surface area contributed by atoms with E-state index in [9.17, 15) is 14.7 Å². The van der Waals surface area contributed by atoms with Crippen molar-refractivity contribution in [3.05, 3.63) is 53.6 Å². The number of hydrogen-bond donors (Lipinski definition) is 2. The third kappa shape index (κ3) is 4.26. The number of rotatable bonds is 4. The molecular formula is C22H24N2O4S. The normalized spacial score (nSPS) is 21.3. The number of aliphatic hydroxyl groups is 1. The lowest BCUT2D eigenvalue weighted by Gasteiger charge is -2.36. The summed E-state index contributed by atoms with van der Waals surface area (Å²) in [6.45, 7) is 0.749. The molecule has 0 radical (unpaired) electrons. The molecule has 2 N–H and O–H groups in total. The molecule has 2 aliphatic heterocycles. The first kappa shape index (κ1) is 19.8. The summed E-state index contributed by atoms with van der Waals surface area (Å²) in [5, 5.41) is 13.5. The fraction of sp³-hybridized carbons (Fsp3) is 0.364. The number of carbonyl (C=O) groups excluding carboxylic acids is 2. The topological polar surface area (TPSA) is 78.9 Å². The molecule has 2 atom stereocenters. The summed E-state index contributed by atoms with van der Waals surface area (Å²) in [7, 11) is 0. The zero-order valence-electron chi connectivity index (χ0n) is 16.3. The highest BCUT2D eigenvalue weighted by Gasteiger charge is 2.32. The molecule has 4 rings (SSSR count). The van der Waals surface area contributed by atoms with Crippen molar-refractivity contribution < 1.29 is 19.4 Å². The van der Waals surface area contributed by atoms with Gasteiger partial charge in [0.05, 0.1) is 12.1 Å².